The van der Waals surface area contributed by atoms with E-state index < -0.39 is 0 Å². The molecule has 0 aliphatic carbocycles. The lowest BCUT2D eigenvalue weighted by molar-refractivity contribution is 0.710. The first kappa shape index (κ1) is 13.1. The van der Waals surface area contributed by atoms with Gasteiger partial charge in [-0.25, -0.2) is 4.98 Å². The van der Waals surface area contributed by atoms with E-state index in [0.29, 0.717) is 0 Å². The molecule has 0 unspecified atom stereocenters. The highest BCUT2D eigenvalue weighted by molar-refractivity contribution is 9.10. The highest BCUT2D eigenvalue weighted by Crippen LogP contribution is 2.19. The van der Waals surface area contributed by atoms with E-state index in [1.807, 2.05) is 25.3 Å². The first-order valence-corrected chi connectivity index (χ1v) is 6.59. The SMILES string of the molecule is C=C(C)CNCc1ncc(-c2ccc(Br)cc2)[nH]1. The van der Waals surface area contributed by atoms with Crippen LogP contribution in [0.3, 0.4) is 0 Å². The summed E-state index contributed by atoms with van der Waals surface area (Å²) >= 11 is 3.43. The molecule has 0 spiro atoms. The molecule has 3 nitrogen and oxygen atoms in total. The molecule has 2 rings (SSSR count). The van der Waals surface area contributed by atoms with Crippen LogP contribution in [0.25, 0.3) is 11.3 Å². The molecule has 2 aromatic rings. The van der Waals surface area contributed by atoms with Crippen molar-refractivity contribution in [3.05, 3.63) is 52.9 Å². The largest absolute Gasteiger partial charge is 0.341 e. The molecule has 0 saturated carbocycles. The second kappa shape index (κ2) is 5.98. The van der Waals surface area contributed by atoms with Crippen molar-refractivity contribution in [2.75, 3.05) is 6.54 Å². The molecule has 1 aromatic heterocycles. The van der Waals surface area contributed by atoms with Crippen LogP contribution in [-0.4, -0.2) is 16.5 Å². The van der Waals surface area contributed by atoms with Crippen molar-refractivity contribution >= 4 is 15.9 Å². The van der Waals surface area contributed by atoms with Crippen molar-refractivity contribution < 1.29 is 0 Å². The van der Waals surface area contributed by atoms with Gasteiger partial charge in [-0.05, 0) is 24.6 Å². The van der Waals surface area contributed by atoms with Crippen LogP contribution in [0.1, 0.15) is 12.7 Å². The van der Waals surface area contributed by atoms with Crippen LogP contribution in [-0.2, 0) is 6.54 Å². The zero-order chi connectivity index (χ0) is 13.0. The van der Waals surface area contributed by atoms with E-state index >= 15 is 0 Å². The molecule has 0 amide bonds. The monoisotopic (exact) mass is 305 g/mol. The van der Waals surface area contributed by atoms with E-state index in [9.17, 15) is 0 Å². The van der Waals surface area contributed by atoms with Crippen LogP contribution < -0.4 is 5.32 Å². The maximum Gasteiger partial charge on any atom is 0.120 e. The third-order valence-electron chi connectivity index (χ3n) is 2.50. The van der Waals surface area contributed by atoms with Gasteiger partial charge in [0.25, 0.3) is 0 Å². The fraction of sp³-hybridized carbons (Fsp3) is 0.214. The number of H-pyrrole nitrogens is 1. The minimum atomic E-state index is 0.726. The molecule has 18 heavy (non-hydrogen) atoms. The first-order valence-electron chi connectivity index (χ1n) is 5.80. The predicted octanol–water partition coefficient (Wildman–Crippen LogP) is 3.50. The third-order valence-corrected chi connectivity index (χ3v) is 3.03. The number of aromatic nitrogens is 2. The molecular formula is C14H16BrN3. The van der Waals surface area contributed by atoms with E-state index in [2.05, 4.69) is 49.9 Å². The summed E-state index contributed by atoms with van der Waals surface area (Å²) in [5.41, 5.74) is 3.29. The molecule has 1 heterocycles. The molecule has 94 valence electrons. The number of halogens is 1. The standard InChI is InChI=1S/C14H16BrN3/c1-10(2)7-16-9-14-17-8-13(18-14)11-3-5-12(15)6-4-11/h3-6,8,16H,1,7,9H2,2H3,(H,17,18). The van der Waals surface area contributed by atoms with Crippen LogP contribution in [0.5, 0.6) is 0 Å². The Bertz CT molecular complexity index is 528. The fourth-order valence-electron chi connectivity index (χ4n) is 1.62. The minimum Gasteiger partial charge on any atom is -0.341 e. The van der Waals surface area contributed by atoms with Crippen LogP contribution in [0, 0.1) is 0 Å². The molecule has 0 aliphatic rings. The minimum absolute atomic E-state index is 0.726. The summed E-state index contributed by atoms with van der Waals surface area (Å²) in [4.78, 5) is 7.66. The van der Waals surface area contributed by atoms with Crippen molar-refractivity contribution in [2.45, 2.75) is 13.5 Å². The summed E-state index contributed by atoms with van der Waals surface area (Å²) < 4.78 is 1.08. The van der Waals surface area contributed by atoms with Crippen molar-refractivity contribution in [3.8, 4) is 11.3 Å². The Hall–Kier alpha value is -1.39. The number of hydrogen-bond donors (Lipinski definition) is 2. The Morgan fingerprint density at radius 1 is 1.39 bits per heavy atom. The summed E-state index contributed by atoms with van der Waals surface area (Å²) in [6.07, 6.45) is 1.86. The number of nitrogens with zero attached hydrogens (tertiary/aromatic N) is 1. The molecule has 1 aromatic carbocycles. The predicted molar refractivity (Wildman–Crippen MR) is 78.2 cm³/mol. The first-order chi connectivity index (χ1) is 8.65. The fourth-order valence-corrected chi connectivity index (χ4v) is 1.89. The number of imidazole rings is 1. The number of aromatic amines is 1. The van der Waals surface area contributed by atoms with Crippen molar-refractivity contribution in [1.29, 1.82) is 0 Å². The van der Waals surface area contributed by atoms with Gasteiger partial charge in [0.05, 0.1) is 18.4 Å². The normalized spacial score (nSPS) is 10.6. The Balaban J connectivity index is 2.01. The van der Waals surface area contributed by atoms with Gasteiger partial charge in [-0.3, -0.25) is 0 Å². The van der Waals surface area contributed by atoms with Gasteiger partial charge < -0.3 is 10.3 Å². The number of rotatable bonds is 5. The second-order valence-corrected chi connectivity index (χ2v) is 5.23. The van der Waals surface area contributed by atoms with Crippen molar-refractivity contribution in [3.63, 3.8) is 0 Å². The zero-order valence-corrected chi connectivity index (χ0v) is 11.9. The van der Waals surface area contributed by atoms with Gasteiger partial charge in [0.1, 0.15) is 5.82 Å². The maximum absolute atomic E-state index is 4.35. The van der Waals surface area contributed by atoms with Gasteiger partial charge in [-0.1, -0.05) is 40.2 Å². The van der Waals surface area contributed by atoms with Crippen molar-refractivity contribution in [2.24, 2.45) is 0 Å². The molecule has 0 bridgehead atoms. The third kappa shape index (κ3) is 3.55. The van der Waals surface area contributed by atoms with Gasteiger partial charge in [-0.2, -0.15) is 0 Å². The number of nitrogens with one attached hydrogen (secondary N) is 2. The van der Waals surface area contributed by atoms with Gasteiger partial charge in [0.15, 0.2) is 0 Å². The Kier molecular flexibility index (Phi) is 4.33. The maximum atomic E-state index is 4.35. The van der Waals surface area contributed by atoms with Gasteiger partial charge in [0, 0.05) is 11.0 Å². The van der Waals surface area contributed by atoms with Gasteiger partial charge in [-0.15, -0.1) is 0 Å². The van der Waals surface area contributed by atoms with E-state index in [0.717, 1.165) is 40.2 Å². The molecule has 0 atom stereocenters. The van der Waals surface area contributed by atoms with Crippen LogP contribution in [0.4, 0.5) is 0 Å². The highest BCUT2D eigenvalue weighted by Gasteiger charge is 2.02. The quantitative estimate of drug-likeness (QED) is 0.830. The molecular weight excluding hydrogens is 290 g/mol. The van der Waals surface area contributed by atoms with Gasteiger partial charge >= 0.3 is 0 Å². The average Bonchev–Trinajstić information content (AvgIpc) is 2.78. The molecule has 2 N–H and O–H groups in total. The van der Waals surface area contributed by atoms with E-state index in [1.54, 1.807) is 0 Å². The summed E-state index contributed by atoms with van der Waals surface area (Å²) in [7, 11) is 0. The number of benzene rings is 1. The lowest BCUT2D eigenvalue weighted by atomic mass is 10.2. The molecule has 0 aliphatic heterocycles. The molecule has 4 heteroatoms. The topological polar surface area (TPSA) is 40.7 Å². The number of hydrogen-bond acceptors (Lipinski definition) is 2. The smallest absolute Gasteiger partial charge is 0.120 e. The summed E-state index contributed by atoms with van der Waals surface area (Å²) in [6.45, 7) is 7.39. The lowest BCUT2D eigenvalue weighted by Gasteiger charge is -2.01. The molecule has 0 saturated heterocycles. The Morgan fingerprint density at radius 3 is 2.78 bits per heavy atom. The van der Waals surface area contributed by atoms with E-state index in [4.69, 9.17) is 0 Å². The van der Waals surface area contributed by atoms with Crippen molar-refractivity contribution in [1.82, 2.24) is 15.3 Å². The Labute approximate surface area is 115 Å². The molecule has 0 radical (unpaired) electrons. The molecule has 0 fully saturated rings. The van der Waals surface area contributed by atoms with Gasteiger partial charge in [0.2, 0.25) is 0 Å². The Morgan fingerprint density at radius 2 is 2.11 bits per heavy atom. The zero-order valence-electron chi connectivity index (χ0n) is 10.3. The lowest BCUT2D eigenvalue weighted by Crippen LogP contribution is -2.15. The van der Waals surface area contributed by atoms with Crippen LogP contribution in [0.2, 0.25) is 0 Å². The summed E-state index contributed by atoms with van der Waals surface area (Å²) in [5.74, 6) is 0.939. The highest BCUT2D eigenvalue weighted by atomic mass is 79.9. The summed E-state index contributed by atoms with van der Waals surface area (Å²) in [5, 5.41) is 3.27. The second-order valence-electron chi connectivity index (χ2n) is 4.31. The van der Waals surface area contributed by atoms with E-state index in [-0.39, 0.29) is 0 Å². The van der Waals surface area contributed by atoms with Crippen LogP contribution in [0.15, 0.2) is 47.1 Å². The van der Waals surface area contributed by atoms with E-state index in [1.165, 1.54) is 0 Å². The average molecular weight is 306 g/mol. The van der Waals surface area contributed by atoms with Crippen LogP contribution >= 0.6 is 15.9 Å². The summed E-state index contributed by atoms with van der Waals surface area (Å²) in [6, 6.07) is 8.16.